The van der Waals surface area contributed by atoms with Crippen molar-refractivity contribution in [2.45, 2.75) is 95.7 Å². The number of unbranched alkanes of at least 4 members (excludes halogenated alkanes) is 8. The van der Waals surface area contributed by atoms with Crippen molar-refractivity contribution >= 4 is 11.8 Å². The highest BCUT2D eigenvalue weighted by molar-refractivity contribution is 6.37. The van der Waals surface area contributed by atoms with Crippen LogP contribution in [0.3, 0.4) is 0 Å². The predicted molar refractivity (Wildman–Crippen MR) is 87.4 cm³/mol. The number of carbonyl (C=O) groups is 2. The molecule has 0 spiro atoms. The fraction of sp³-hybridized carbons (Fsp3) is 0.889. The van der Waals surface area contributed by atoms with E-state index in [1.807, 2.05) is 0 Å². The average molecular weight is 342 g/mol. The van der Waals surface area contributed by atoms with Gasteiger partial charge in [0.1, 0.15) is 6.10 Å². The molecule has 2 heterocycles. The second-order valence-electron chi connectivity index (χ2n) is 6.73. The van der Waals surface area contributed by atoms with Crippen LogP contribution in [-0.2, 0) is 23.8 Å². The van der Waals surface area contributed by atoms with E-state index in [1.54, 1.807) is 0 Å². The van der Waals surface area contributed by atoms with Crippen LogP contribution in [0.25, 0.3) is 0 Å². The van der Waals surface area contributed by atoms with Crippen molar-refractivity contribution in [2.75, 3.05) is 6.61 Å². The quantitative estimate of drug-likeness (QED) is 0.353. The van der Waals surface area contributed by atoms with Crippen LogP contribution in [0.4, 0.5) is 0 Å². The first-order valence-electron chi connectivity index (χ1n) is 9.33. The molecule has 0 aliphatic carbocycles. The number of hydrogen-bond acceptors (Lipinski definition) is 6. The third kappa shape index (κ3) is 5.53. The highest BCUT2D eigenvalue weighted by Crippen LogP contribution is 2.26. The molecule has 2 unspecified atom stereocenters. The van der Waals surface area contributed by atoms with Gasteiger partial charge in [-0.15, -0.1) is 0 Å². The lowest BCUT2D eigenvalue weighted by Crippen LogP contribution is -2.38. The second kappa shape index (κ2) is 10.1. The summed E-state index contributed by atoms with van der Waals surface area (Å²) in [4.78, 5) is 22.4. The summed E-state index contributed by atoms with van der Waals surface area (Å²) in [5.41, 5.74) is 0. The molecule has 1 N–H and O–H groups in total. The van der Waals surface area contributed by atoms with Gasteiger partial charge in [-0.3, -0.25) is 4.79 Å². The Labute approximate surface area is 143 Å². The third-order valence-corrected chi connectivity index (χ3v) is 4.71. The molecule has 0 aromatic heterocycles. The van der Waals surface area contributed by atoms with E-state index in [1.165, 1.54) is 44.9 Å². The normalized spacial score (nSPS) is 30.1. The molecule has 0 saturated carbocycles. The Kier molecular flexibility index (Phi) is 8.15. The Morgan fingerprint density at radius 2 is 1.62 bits per heavy atom. The number of Topliss-reactive ketones (excluding diaryl/α,β-unsaturated/α-hetero) is 1. The van der Waals surface area contributed by atoms with Crippen molar-refractivity contribution in [3.63, 3.8) is 0 Å². The van der Waals surface area contributed by atoms with Crippen LogP contribution in [0, 0.1) is 0 Å². The van der Waals surface area contributed by atoms with Gasteiger partial charge < -0.3 is 19.3 Å². The zero-order chi connectivity index (χ0) is 17.4. The van der Waals surface area contributed by atoms with Gasteiger partial charge in [0, 0.05) is 0 Å². The van der Waals surface area contributed by atoms with Gasteiger partial charge >= 0.3 is 5.97 Å². The lowest BCUT2D eigenvalue weighted by molar-refractivity contribution is -0.152. The molecule has 4 atom stereocenters. The molecule has 2 rings (SSSR count). The topological polar surface area (TPSA) is 82.1 Å². The molecule has 2 fully saturated rings. The SMILES string of the molecule is CCCCCCCCCCCC1OC[C@@H]([C@H]2OC(=O)C(=O)C2O)O1. The van der Waals surface area contributed by atoms with E-state index in [4.69, 9.17) is 14.2 Å². The van der Waals surface area contributed by atoms with E-state index in [-0.39, 0.29) is 12.9 Å². The molecule has 24 heavy (non-hydrogen) atoms. The molecule has 0 aromatic rings. The maximum atomic E-state index is 11.3. The molecule has 2 aliphatic heterocycles. The van der Waals surface area contributed by atoms with Gasteiger partial charge in [0.15, 0.2) is 18.5 Å². The van der Waals surface area contributed by atoms with Crippen LogP contribution in [0.2, 0.25) is 0 Å². The van der Waals surface area contributed by atoms with Crippen molar-refractivity contribution < 1.29 is 28.9 Å². The van der Waals surface area contributed by atoms with E-state index < -0.39 is 30.1 Å². The van der Waals surface area contributed by atoms with Gasteiger partial charge in [0.2, 0.25) is 0 Å². The number of cyclic esters (lactones) is 1. The van der Waals surface area contributed by atoms with Crippen LogP contribution in [0.15, 0.2) is 0 Å². The van der Waals surface area contributed by atoms with Crippen LogP contribution in [-0.4, -0.2) is 48.1 Å². The van der Waals surface area contributed by atoms with Crippen LogP contribution >= 0.6 is 0 Å². The number of aliphatic hydroxyl groups excluding tert-OH is 1. The Hall–Kier alpha value is -0.980. The van der Waals surface area contributed by atoms with E-state index >= 15 is 0 Å². The van der Waals surface area contributed by atoms with Gasteiger partial charge in [0.05, 0.1) is 6.61 Å². The van der Waals surface area contributed by atoms with Crippen LogP contribution in [0.1, 0.15) is 71.1 Å². The van der Waals surface area contributed by atoms with Crippen molar-refractivity contribution in [2.24, 2.45) is 0 Å². The summed E-state index contributed by atoms with van der Waals surface area (Å²) in [6.45, 7) is 2.47. The fourth-order valence-corrected chi connectivity index (χ4v) is 3.22. The van der Waals surface area contributed by atoms with Gasteiger partial charge in [-0.05, 0) is 12.8 Å². The lowest BCUT2D eigenvalue weighted by Gasteiger charge is -2.18. The number of carbonyl (C=O) groups excluding carboxylic acids is 2. The smallest absolute Gasteiger partial charge is 0.378 e. The molecule has 138 valence electrons. The van der Waals surface area contributed by atoms with Crippen molar-refractivity contribution in [3.05, 3.63) is 0 Å². The summed E-state index contributed by atoms with van der Waals surface area (Å²) in [7, 11) is 0. The molecule has 0 aromatic carbocycles. The van der Waals surface area contributed by atoms with Crippen LogP contribution < -0.4 is 0 Å². The van der Waals surface area contributed by atoms with Gasteiger partial charge in [0.25, 0.3) is 5.78 Å². The lowest BCUT2D eigenvalue weighted by atomic mass is 10.1. The van der Waals surface area contributed by atoms with Gasteiger partial charge in [-0.25, -0.2) is 4.79 Å². The number of ether oxygens (including phenoxy) is 3. The molecular formula is C18H30O6. The Morgan fingerprint density at radius 3 is 2.21 bits per heavy atom. The minimum atomic E-state index is -1.43. The first kappa shape index (κ1) is 19.3. The molecule has 0 radical (unpaired) electrons. The first-order valence-corrected chi connectivity index (χ1v) is 9.33. The first-order chi connectivity index (χ1) is 11.6. The third-order valence-electron chi connectivity index (χ3n) is 4.71. The molecule has 2 aliphatic rings. The summed E-state index contributed by atoms with van der Waals surface area (Å²) >= 11 is 0. The molecular weight excluding hydrogens is 312 g/mol. The maximum absolute atomic E-state index is 11.3. The molecule has 0 bridgehead atoms. The number of esters is 1. The number of rotatable bonds is 11. The summed E-state index contributed by atoms with van der Waals surface area (Å²) in [6.07, 6.45) is 8.86. The summed E-state index contributed by atoms with van der Waals surface area (Å²) in [6, 6.07) is 0. The number of hydrogen-bond donors (Lipinski definition) is 1. The largest absolute Gasteiger partial charge is 0.450 e. The second-order valence-corrected chi connectivity index (χ2v) is 6.73. The van der Waals surface area contributed by atoms with Crippen molar-refractivity contribution in [1.29, 1.82) is 0 Å². The minimum Gasteiger partial charge on any atom is -0.450 e. The van der Waals surface area contributed by atoms with Crippen molar-refractivity contribution in [3.8, 4) is 0 Å². The highest BCUT2D eigenvalue weighted by atomic mass is 16.7. The molecule has 2 saturated heterocycles. The summed E-state index contributed by atoms with van der Waals surface area (Å²) in [5, 5.41) is 9.69. The monoisotopic (exact) mass is 342 g/mol. The van der Waals surface area contributed by atoms with E-state index in [0.717, 1.165) is 19.3 Å². The van der Waals surface area contributed by atoms with E-state index in [9.17, 15) is 14.7 Å². The zero-order valence-corrected chi connectivity index (χ0v) is 14.6. The average Bonchev–Trinajstić information content (AvgIpc) is 3.14. The molecule has 6 nitrogen and oxygen atoms in total. The summed E-state index contributed by atoms with van der Waals surface area (Å²) in [5.74, 6) is -1.88. The Bertz CT molecular complexity index is 410. The zero-order valence-electron chi connectivity index (χ0n) is 14.6. The molecule has 6 heteroatoms. The number of ketones is 1. The Morgan fingerprint density at radius 1 is 1.00 bits per heavy atom. The Balaban J connectivity index is 1.52. The molecule has 0 amide bonds. The minimum absolute atomic E-state index is 0.240. The van der Waals surface area contributed by atoms with Crippen molar-refractivity contribution in [1.82, 2.24) is 0 Å². The van der Waals surface area contributed by atoms with E-state index in [0.29, 0.717) is 0 Å². The standard InChI is InChI=1S/C18H30O6/c1-2-3-4-5-6-7-8-9-10-11-14-22-12-13(23-14)17-15(19)16(20)18(21)24-17/h13-15,17,19H,2-12H2,1H3/t13-,14?,15?,17+/m0/s1. The summed E-state index contributed by atoms with van der Waals surface area (Å²) < 4.78 is 16.1. The maximum Gasteiger partial charge on any atom is 0.378 e. The van der Waals surface area contributed by atoms with Gasteiger partial charge in [-0.2, -0.15) is 0 Å². The highest BCUT2D eigenvalue weighted by Gasteiger charge is 2.49. The predicted octanol–water partition coefficient (Wildman–Crippen LogP) is 2.50. The van der Waals surface area contributed by atoms with E-state index in [2.05, 4.69) is 6.92 Å². The van der Waals surface area contributed by atoms with Gasteiger partial charge in [-0.1, -0.05) is 58.3 Å². The fourth-order valence-electron chi connectivity index (χ4n) is 3.22. The van der Waals surface area contributed by atoms with Crippen LogP contribution in [0.5, 0.6) is 0 Å². The number of aliphatic hydroxyl groups is 1.